The third-order valence-electron chi connectivity index (χ3n) is 0.744. The molecule has 0 aromatic heterocycles. The van der Waals surface area contributed by atoms with Crippen LogP contribution in [0.2, 0.25) is 0 Å². The van der Waals surface area contributed by atoms with Gasteiger partial charge in [-0.15, -0.1) is 0 Å². The Morgan fingerprint density at radius 3 is 1.12 bits per heavy atom. The van der Waals surface area contributed by atoms with E-state index in [0.717, 1.165) is 26.4 Å². The molecule has 0 amide bonds. The molecule has 3 nitrogen and oxygen atoms in total. The molecule has 1 heterocycles. The number of hydrogen-bond donors (Lipinski definition) is 0. The number of hydrogen-bond acceptors (Lipinski definition) is 2. The summed E-state index contributed by atoms with van der Waals surface area (Å²) in [4.78, 5) is 0. The van der Waals surface area contributed by atoms with Crippen LogP contribution < -0.4 is 0 Å². The van der Waals surface area contributed by atoms with Crippen molar-refractivity contribution in [2.75, 3.05) is 26.4 Å². The molecule has 2 N–H and O–H groups in total. The molecule has 0 aromatic rings. The zero-order valence-corrected chi connectivity index (χ0v) is 4.14. The van der Waals surface area contributed by atoms with Gasteiger partial charge in [0, 0.05) is 0 Å². The van der Waals surface area contributed by atoms with Gasteiger partial charge in [-0.2, -0.15) is 0 Å². The molecule has 0 aromatic carbocycles. The molecule has 0 spiro atoms. The summed E-state index contributed by atoms with van der Waals surface area (Å²) in [5, 5.41) is 0. The first-order valence-corrected chi connectivity index (χ1v) is 2.15. The van der Waals surface area contributed by atoms with Crippen molar-refractivity contribution in [3.05, 3.63) is 0 Å². The fraction of sp³-hybridized carbons (Fsp3) is 1.00. The Morgan fingerprint density at radius 2 is 1.00 bits per heavy atom. The zero-order chi connectivity index (χ0) is 4.24. The Hall–Kier alpha value is 0.646. The van der Waals surface area contributed by atoms with Crippen LogP contribution >= 0.6 is 0 Å². The minimum absolute atomic E-state index is 0. The summed E-state index contributed by atoms with van der Waals surface area (Å²) >= 11 is 0. The minimum Gasteiger partial charge on any atom is -0.412 e. The molecule has 0 radical (unpaired) electrons. The van der Waals surface area contributed by atoms with Gasteiger partial charge in [0.2, 0.25) is 0 Å². The normalized spacial score (nSPS) is 18.0. The highest BCUT2D eigenvalue weighted by Gasteiger charge is 1.94. The predicted octanol–water partition coefficient (Wildman–Crippen LogP) is -1.71. The standard InChI is InChI=1S/C4H8O2.Mg.H2O.2H/c1-2-6-4-3-5-1;;;;/h1-4H2;;1H2;;. The Balaban J connectivity index is 0. The van der Waals surface area contributed by atoms with Crippen molar-refractivity contribution in [2.45, 2.75) is 0 Å². The van der Waals surface area contributed by atoms with E-state index in [1.807, 2.05) is 0 Å². The largest absolute Gasteiger partial charge is 0.412 e. The summed E-state index contributed by atoms with van der Waals surface area (Å²) in [6, 6.07) is 0. The molecular formula is C4H12MgO3. The van der Waals surface area contributed by atoms with Crippen LogP contribution in [-0.4, -0.2) is 55.0 Å². The number of ether oxygens (including phenoxy) is 2. The first-order chi connectivity index (χ1) is 3.00. The Kier molecular flexibility index (Phi) is 10.9. The van der Waals surface area contributed by atoms with Gasteiger partial charge >= 0.3 is 23.1 Å². The second-order valence-corrected chi connectivity index (χ2v) is 1.22. The molecule has 8 heavy (non-hydrogen) atoms. The van der Waals surface area contributed by atoms with Crippen molar-refractivity contribution in [1.29, 1.82) is 0 Å². The average Bonchev–Trinajstić information content (AvgIpc) is 1.72. The topological polar surface area (TPSA) is 50.0 Å². The quantitative estimate of drug-likeness (QED) is 0.369. The summed E-state index contributed by atoms with van der Waals surface area (Å²) < 4.78 is 9.89. The molecule has 1 aliphatic rings. The molecule has 48 valence electrons. The first kappa shape index (κ1) is 11.4. The third kappa shape index (κ3) is 4.80. The van der Waals surface area contributed by atoms with Crippen molar-refractivity contribution in [3.8, 4) is 0 Å². The summed E-state index contributed by atoms with van der Waals surface area (Å²) in [6.07, 6.45) is 0. The maximum Gasteiger partial charge on any atom is 0.316 e. The van der Waals surface area contributed by atoms with E-state index in [9.17, 15) is 0 Å². The molecule has 0 aliphatic carbocycles. The third-order valence-corrected chi connectivity index (χ3v) is 0.744. The average molecular weight is 132 g/mol. The Morgan fingerprint density at radius 1 is 0.750 bits per heavy atom. The Bertz CT molecular complexity index is 26.8. The maximum absolute atomic E-state index is 4.94. The van der Waals surface area contributed by atoms with Gasteiger partial charge in [0.25, 0.3) is 0 Å². The molecule has 4 heteroatoms. The van der Waals surface area contributed by atoms with Crippen LogP contribution in [-0.2, 0) is 9.47 Å². The van der Waals surface area contributed by atoms with Crippen molar-refractivity contribution >= 4 is 23.1 Å². The van der Waals surface area contributed by atoms with Gasteiger partial charge in [-0.05, 0) is 0 Å². The summed E-state index contributed by atoms with van der Waals surface area (Å²) in [5.74, 6) is 0. The molecule has 0 bridgehead atoms. The van der Waals surface area contributed by atoms with Crippen molar-refractivity contribution < 1.29 is 14.9 Å². The van der Waals surface area contributed by atoms with E-state index in [1.165, 1.54) is 0 Å². The lowest BCUT2D eigenvalue weighted by Gasteiger charge is -2.09. The Labute approximate surface area is 64.8 Å². The molecule has 0 unspecified atom stereocenters. The second-order valence-electron chi connectivity index (χ2n) is 1.22. The summed E-state index contributed by atoms with van der Waals surface area (Å²) in [7, 11) is 0. The number of rotatable bonds is 0. The van der Waals surface area contributed by atoms with Crippen LogP contribution in [0.4, 0.5) is 0 Å². The summed E-state index contributed by atoms with van der Waals surface area (Å²) in [6.45, 7) is 3.11. The monoisotopic (exact) mass is 132 g/mol. The van der Waals surface area contributed by atoms with Crippen LogP contribution in [0.3, 0.4) is 0 Å². The van der Waals surface area contributed by atoms with Crippen LogP contribution in [0, 0.1) is 0 Å². The predicted molar refractivity (Wildman–Crippen MR) is 33.8 cm³/mol. The van der Waals surface area contributed by atoms with Gasteiger partial charge in [-0.25, -0.2) is 0 Å². The van der Waals surface area contributed by atoms with Crippen LogP contribution in [0.5, 0.6) is 0 Å². The van der Waals surface area contributed by atoms with Crippen molar-refractivity contribution in [1.82, 2.24) is 0 Å². The fourth-order valence-corrected chi connectivity index (χ4v) is 0.440. The molecule has 0 saturated carbocycles. The maximum atomic E-state index is 4.94. The van der Waals surface area contributed by atoms with Crippen molar-refractivity contribution in [3.63, 3.8) is 0 Å². The first-order valence-electron chi connectivity index (χ1n) is 2.15. The van der Waals surface area contributed by atoms with Gasteiger partial charge in [-0.3, -0.25) is 0 Å². The molecule has 1 aliphatic heterocycles. The fourth-order valence-electron chi connectivity index (χ4n) is 0.440. The smallest absolute Gasteiger partial charge is 0.316 e. The SMILES string of the molecule is C1COCCO1.O.[MgH2]. The van der Waals surface area contributed by atoms with Gasteiger partial charge < -0.3 is 14.9 Å². The van der Waals surface area contributed by atoms with E-state index in [-0.39, 0.29) is 28.5 Å². The van der Waals surface area contributed by atoms with E-state index < -0.39 is 0 Å². The van der Waals surface area contributed by atoms with Gasteiger partial charge in [-0.1, -0.05) is 0 Å². The second kappa shape index (κ2) is 7.65. The highest BCUT2D eigenvalue weighted by atomic mass is 24.3. The van der Waals surface area contributed by atoms with E-state index in [4.69, 9.17) is 9.47 Å². The molecule has 0 atom stereocenters. The van der Waals surface area contributed by atoms with E-state index >= 15 is 0 Å². The molecular weight excluding hydrogens is 120 g/mol. The van der Waals surface area contributed by atoms with Gasteiger partial charge in [0.05, 0.1) is 26.4 Å². The van der Waals surface area contributed by atoms with E-state index in [0.29, 0.717) is 0 Å². The zero-order valence-electron chi connectivity index (χ0n) is 4.14. The highest BCUT2D eigenvalue weighted by Crippen LogP contribution is 1.85. The van der Waals surface area contributed by atoms with Gasteiger partial charge in [0.15, 0.2) is 0 Å². The highest BCUT2D eigenvalue weighted by molar-refractivity contribution is 5.75. The lowest BCUT2D eigenvalue weighted by atomic mass is 10.6. The van der Waals surface area contributed by atoms with Gasteiger partial charge in [0.1, 0.15) is 0 Å². The minimum atomic E-state index is 0. The lowest BCUT2D eigenvalue weighted by Crippen LogP contribution is -2.16. The van der Waals surface area contributed by atoms with E-state index in [1.54, 1.807) is 0 Å². The molecule has 1 rings (SSSR count). The van der Waals surface area contributed by atoms with E-state index in [2.05, 4.69) is 0 Å². The van der Waals surface area contributed by atoms with Crippen LogP contribution in [0.1, 0.15) is 0 Å². The van der Waals surface area contributed by atoms with Crippen LogP contribution in [0.25, 0.3) is 0 Å². The molecule has 1 fully saturated rings. The molecule has 1 saturated heterocycles. The summed E-state index contributed by atoms with van der Waals surface area (Å²) in [5.41, 5.74) is 0. The van der Waals surface area contributed by atoms with Crippen molar-refractivity contribution in [2.24, 2.45) is 0 Å². The lowest BCUT2D eigenvalue weighted by molar-refractivity contribution is -0.0334. The van der Waals surface area contributed by atoms with Crippen LogP contribution in [0.15, 0.2) is 0 Å².